The number of nitrogens with zero attached hydrogens (tertiary/aromatic N) is 3. The number of ether oxygens (including phenoxy) is 2. The highest BCUT2D eigenvalue weighted by atomic mass is 79.9. The lowest BCUT2D eigenvalue weighted by molar-refractivity contribution is 0.280. The van der Waals surface area contributed by atoms with Crippen molar-refractivity contribution >= 4 is 15.9 Å². The Labute approximate surface area is 161 Å². The summed E-state index contributed by atoms with van der Waals surface area (Å²) in [6.07, 6.45) is 4.54. The number of methoxy groups -OCH3 is 1. The molecule has 3 rings (SSSR count). The smallest absolute Gasteiger partial charge is 0.161 e. The molecule has 0 aliphatic carbocycles. The van der Waals surface area contributed by atoms with Crippen molar-refractivity contribution < 1.29 is 9.47 Å². The van der Waals surface area contributed by atoms with Crippen LogP contribution in [0.3, 0.4) is 0 Å². The fourth-order valence-corrected chi connectivity index (χ4v) is 2.80. The van der Waals surface area contributed by atoms with E-state index in [1.807, 2.05) is 42.6 Å². The minimum Gasteiger partial charge on any atom is -0.493 e. The molecular weight excluding hydrogens is 394 g/mol. The predicted molar refractivity (Wildman–Crippen MR) is 104 cm³/mol. The third kappa shape index (κ3) is 4.73. The van der Waals surface area contributed by atoms with Gasteiger partial charge in [-0.3, -0.25) is 0 Å². The Hall–Kier alpha value is -2.60. The van der Waals surface area contributed by atoms with Crippen molar-refractivity contribution in [1.82, 2.24) is 15.0 Å². The second-order valence-electron chi connectivity index (χ2n) is 5.80. The monoisotopic (exact) mass is 413 g/mol. The normalized spacial score (nSPS) is 10.5. The van der Waals surface area contributed by atoms with Crippen molar-refractivity contribution in [3.63, 3.8) is 0 Å². The van der Waals surface area contributed by atoms with Crippen LogP contribution in [-0.2, 0) is 19.6 Å². The van der Waals surface area contributed by atoms with Gasteiger partial charge in [0, 0.05) is 4.47 Å². The SMILES string of the molecule is C=CCc1ccc(OCc2cn(Cc3ccc(Br)cc3)nn2)c(OC)c1. The molecule has 0 aliphatic rings. The van der Waals surface area contributed by atoms with Gasteiger partial charge in [0.25, 0.3) is 0 Å². The van der Waals surface area contributed by atoms with Crippen LogP contribution in [0.5, 0.6) is 11.5 Å². The number of hydrogen-bond acceptors (Lipinski definition) is 4. The van der Waals surface area contributed by atoms with E-state index < -0.39 is 0 Å². The molecule has 0 fully saturated rings. The molecule has 5 nitrogen and oxygen atoms in total. The molecule has 0 saturated heterocycles. The number of hydrogen-bond donors (Lipinski definition) is 0. The molecule has 0 spiro atoms. The van der Waals surface area contributed by atoms with Crippen molar-refractivity contribution in [3.05, 3.63) is 82.6 Å². The van der Waals surface area contributed by atoms with E-state index in [0.29, 0.717) is 24.7 Å². The summed E-state index contributed by atoms with van der Waals surface area (Å²) in [5.74, 6) is 1.38. The third-order valence-corrected chi connectivity index (χ3v) is 4.36. The van der Waals surface area contributed by atoms with Gasteiger partial charge in [-0.2, -0.15) is 0 Å². The van der Waals surface area contributed by atoms with Gasteiger partial charge in [-0.1, -0.05) is 45.4 Å². The molecule has 0 unspecified atom stereocenters. The van der Waals surface area contributed by atoms with Gasteiger partial charge in [-0.15, -0.1) is 11.7 Å². The standard InChI is InChI=1S/C20H20BrN3O2/c1-3-4-15-7-10-19(20(11-15)25-2)26-14-18-13-24(23-22-18)12-16-5-8-17(21)9-6-16/h3,5-11,13H,1,4,12,14H2,2H3. The Kier molecular flexibility index (Phi) is 6.07. The maximum absolute atomic E-state index is 5.85. The van der Waals surface area contributed by atoms with Crippen LogP contribution in [-0.4, -0.2) is 22.1 Å². The molecule has 0 atom stereocenters. The van der Waals surface area contributed by atoms with Crippen LogP contribution >= 0.6 is 15.9 Å². The zero-order chi connectivity index (χ0) is 18.4. The van der Waals surface area contributed by atoms with Crippen LogP contribution in [0.15, 0.2) is 65.8 Å². The van der Waals surface area contributed by atoms with E-state index in [-0.39, 0.29) is 0 Å². The third-order valence-electron chi connectivity index (χ3n) is 3.83. The number of halogens is 1. The summed E-state index contributed by atoms with van der Waals surface area (Å²) in [7, 11) is 1.63. The molecule has 134 valence electrons. The van der Waals surface area contributed by atoms with Crippen LogP contribution in [0.4, 0.5) is 0 Å². The maximum Gasteiger partial charge on any atom is 0.161 e. The molecular formula is C20H20BrN3O2. The first-order valence-corrected chi connectivity index (χ1v) is 9.01. The van der Waals surface area contributed by atoms with Crippen LogP contribution in [0, 0.1) is 0 Å². The Morgan fingerprint density at radius 1 is 1.12 bits per heavy atom. The van der Waals surface area contributed by atoms with Crippen molar-refractivity contribution in [2.24, 2.45) is 0 Å². The topological polar surface area (TPSA) is 49.2 Å². The lowest BCUT2D eigenvalue weighted by Crippen LogP contribution is -2.00. The second kappa shape index (κ2) is 8.67. The molecule has 26 heavy (non-hydrogen) atoms. The van der Waals surface area contributed by atoms with Crippen LogP contribution < -0.4 is 9.47 Å². The predicted octanol–water partition coefficient (Wildman–Crippen LogP) is 4.41. The average molecular weight is 414 g/mol. The summed E-state index contributed by atoms with van der Waals surface area (Å²) in [5.41, 5.74) is 3.05. The summed E-state index contributed by atoms with van der Waals surface area (Å²) >= 11 is 3.44. The Bertz CT molecular complexity index is 875. The van der Waals surface area contributed by atoms with E-state index >= 15 is 0 Å². The molecule has 1 heterocycles. The van der Waals surface area contributed by atoms with Crippen LogP contribution in [0.25, 0.3) is 0 Å². The van der Waals surface area contributed by atoms with E-state index in [9.17, 15) is 0 Å². The first-order valence-electron chi connectivity index (χ1n) is 8.22. The molecule has 0 N–H and O–H groups in total. The van der Waals surface area contributed by atoms with E-state index in [1.165, 1.54) is 0 Å². The van der Waals surface area contributed by atoms with Gasteiger partial charge in [0.1, 0.15) is 12.3 Å². The van der Waals surface area contributed by atoms with Crippen molar-refractivity contribution in [3.8, 4) is 11.5 Å². The molecule has 0 bridgehead atoms. The Morgan fingerprint density at radius 2 is 1.88 bits per heavy atom. The molecule has 2 aromatic carbocycles. The fourth-order valence-electron chi connectivity index (χ4n) is 2.54. The minimum absolute atomic E-state index is 0.331. The summed E-state index contributed by atoms with van der Waals surface area (Å²) in [6.45, 7) is 4.75. The van der Waals surface area contributed by atoms with Crippen molar-refractivity contribution in [1.29, 1.82) is 0 Å². The summed E-state index contributed by atoms with van der Waals surface area (Å²) in [6, 6.07) is 14.0. The Morgan fingerprint density at radius 3 is 2.62 bits per heavy atom. The minimum atomic E-state index is 0.331. The highest BCUT2D eigenvalue weighted by Crippen LogP contribution is 2.29. The summed E-state index contributed by atoms with van der Waals surface area (Å²) in [4.78, 5) is 0. The van der Waals surface area contributed by atoms with Gasteiger partial charge >= 0.3 is 0 Å². The fraction of sp³-hybridized carbons (Fsp3) is 0.200. The quantitative estimate of drug-likeness (QED) is 0.513. The average Bonchev–Trinajstić information content (AvgIpc) is 3.10. The second-order valence-corrected chi connectivity index (χ2v) is 6.72. The van der Waals surface area contributed by atoms with E-state index in [4.69, 9.17) is 9.47 Å². The van der Waals surface area contributed by atoms with E-state index in [1.54, 1.807) is 11.8 Å². The molecule has 1 aromatic heterocycles. The van der Waals surface area contributed by atoms with Gasteiger partial charge < -0.3 is 9.47 Å². The number of rotatable bonds is 8. The van der Waals surface area contributed by atoms with E-state index in [0.717, 1.165) is 27.7 Å². The maximum atomic E-state index is 5.85. The Balaban J connectivity index is 1.62. The summed E-state index contributed by atoms with van der Waals surface area (Å²) in [5, 5.41) is 8.33. The number of aromatic nitrogens is 3. The number of benzene rings is 2. The zero-order valence-electron chi connectivity index (χ0n) is 14.6. The highest BCUT2D eigenvalue weighted by Gasteiger charge is 2.08. The molecule has 0 amide bonds. The number of allylic oxidation sites excluding steroid dienone is 1. The first kappa shape index (κ1) is 18.2. The zero-order valence-corrected chi connectivity index (χ0v) is 16.1. The first-order chi connectivity index (χ1) is 12.7. The molecule has 0 saturated carbocycles. The molecule has 3 aromatic rings. The lowest BCUT2D eigenvalue weighted by atomic mass is 10.1. The van der Waals surface area contributed by atoms with E-state index in [2.05, 4.69) is 45.0 Å². The highest BCUT2D eigenvalue weighted by molar-refractivity contribution is 9.10. The van der Waals surface area contributed by atoms with Gasteiger partial charge in [-0.25, -0.2) is 4.68 Å². The van der Waals surface area contributed by atoms with Gasteiger partial charge in [0.05, 0.1) is 19.9 Å². The molecule has 6 heteroatoms. The van der Waals surface area contributed by atoms with Gasteiger partial charge in [0.2, 0.25) is 0 Å². The van der Waals surface area contributed by atoms with Crippen molar-refractivity contribution in [2.45, 2.75) is 19.6 Å². The van der Waals surface area contributed by atoms with Crippen molar-refractivity contribution in [2.75, 3.05) is 7.11 Å². The largest absolute Gasteiger partial charge is 0.493 e. The van der Waals surface area contributed by atoms with Crippen LogP contribution in [0.2, 0.25) is 0 Å². The molecule has 0 aliphatic heterocycles. The lowest BCUT2D eigenvalue weighted by Gasteiger charge is -2.10. The van der Waals surface area contributed by atoms with Gasteiger partial charge in [0.15, 0.2) is 11.5 Å². The van der Waals surface area contributed by atoms with Gasteiger partial charge in [-0.05, 0) is 41.8 Å². The van der Waals surface area contributed by atoms with Crippen LogP contribution in [0.1, 0.15) is 16.8 Å². The summed E-state index contributed by atoms with van der Waals surface area (Å²) < 4.78 is 14.1. The molecule has 0 radical (unpaired) electrons.